The van der Waals surface area contributed by atoms with Gasteiger partial charge in [-0.05, 0) is 24.7 Å². The molecule has 0 bridgehead atoms. The van der Waals surface area contributed by atoms with E-state index >= 15 is 0 Å². The van der Waals surface area contributed by atoms with E-state index in [1.54, 1.807) is 0 Å². The van der Waals surface area contributed by atoms with Crippen molar-refractivity contribution in [3.63, 3.8) is 0 Å². The number of hydrogen-bond acceptors (Lipinski definition) is 3. The van der Waals surface area contributed by atoms with Gasteiger partial charge in [0.05, 0.1) is 0 Å². The lowest BCUT2D eigenvalue weighted by Gasteiger charge is -2.25. The quantitative estimate of drug-likeness (QED) is 0.848. The molecule has 110 valence electrons. The molecule has 3 unspecified atom stereocenters. The van der Waals surface area contributed by atoms with Gasteiger partial charge in [0.15, 0.2) is 0 Å². The number of amides is 1. The van der Waals surface area contributed by atoms with E-state index < -0.39 is 0 Å². The van der Waals surface area contributed by atoms with Gasteiger partial charge in [0.25, 0.3) is 0 Å². The first-order chi connectivity index (χ1) is 8.83. The molecule has 3 rings (SSSR count). The van der Waals surface area contributed by atoms with Gasteiger partial charge in [-0.3, -0.25) is 4.79 Å². The predicted octanol–water partition coefficient (Wildman–Crippen LogP) is 2.15. The van der Waals surface area contributed by atoms with Crippen molar-refractivity contribution in [2.75, 3.05) is 31.1 Å². The zero-order valence-electron chi connectivity index (χ0n) is 11.5. The van der Waals surface area contributed by atoms with Crippen molar-refractivity contribution in [2.45, 2.75) is 38.1 Å². The molecule has 1 N–H and O–H groups in total. The fourth-order valence-electron chi connectivity index (χ4n) is 3.70. The summed E-state index contributed by atoms with van der Waals surface area (Å²) in [6.45, 7) is 3.15. The van der Waals surface area contributed by atoms with Gasteiger partial charge >= 0.3 is 0 Å². The lowest BCUT2D eigenvalue weighted by Crippen LogP contribution is -2.42. The molecular formula is C14H25ClN2OS. The molecule has 0 aromatic heterocycles. The summed E-state index contributed by atoms with van der Waals surface area (Å²) in [5.41, 5.74) is 0. The Kier molecular flexibility index (Phi) is 5.85. The fraction of sp³-hybridized carbons (Fsp3) is 0.929. The molecule has 0 aromatic carbocycles. The molecule has 3 nitrogen and oxygen atoms in total. The van der Waals surface area contributed by atoms with E-state index in [-0.39, 0.29) is 12.4 Å². The molecular weight excluding hydrogens is 280 g/mol. The normalized spacial score (nSPS) is 34.5. The maximum absolute atomic E-state index is 12.3. The van der Waals surface area contributed by atoms with E-state index in [1.165, 1.54) is 31.4 Å². The highest BCUT2D eigenvalue weighted by molar-refractivity contribution is 7.99. The molecule has 5 heteroatoms. The third-order valence-electron chi connectivity index (χ3n) is 4.75. The lowest BCUT2D eigenvalue weighted by molar-refractivity contribution is -0.130. The second kappa shape index (κ2) is 7.19. The summed E-state index contributed by atoms with van der Waals surface area (Å²) in [7, 11) is 0. The number of fused-ring (bicyclic) bond motifs is 1. The minimum Gasteiger partial charge on any atom is -0.342 e. The predicted molar refractivity (Wildman–Crippen MR) is 83.0 cm³/mol. The Labute approximate surface area is 126 Å². The minimum atomic E-state index is 0. The van der Waals surface area contributed by atoms with Crippen LogP contribution in [-0.4, -0.2) is 48.0 Å². The van der Waals surface area contributed by atoms with Crippen molar-refractivity contribution in [3.8, 4) is 0 Å². The monoisotopic (exact) mass is 304 g/mol. The highest BCUT2D eigenvalue weighted by atomic mass is 35.5. The summed E-state index contributed by atoms with van der Waals surface area (Å²) in [5.74, 6) is 4.32. The van der Waals surface area contributed by atoms with E-state index in [2.05, 4.69) is 10.2 Å². The molecule has 0 spiro atoms. The maximum Gasteiger partial charge on any atom is 0.224 e. The van der Waals surface area contributed by atoms with E-state index in [9.17, 15) is 4.79 Å². The number of carbonyl (C=O) groups excluding carboxylic acids is 1. The van der Waals surface area contributed by atoms with Gasteiger partial charge in [0, 0.05) is 43.6 Å². The number of nitrogens with one attached hydrogen (secondary N) is 1. The lowest BCUT2D eigenvalue weighted by atomic mass is 9.82. The topological polar surface area (TPSA) is 32.3 Å². The molecule has 0 radical (unpaired) electrons. The Morgan fingerprint density at radius 2 is 1.89 bits per heavy atom. The smallest absolute Gasteiger partial charge is 0.224 e. The molecule has 2 aliphatic heterocycles. The second-order valence-corrected chi connectivity index (χ2v) is 7.18. The molecule has 2 saturated heterocycles. The minimum absolute atomic E-state index is 0. The highest BCUT2D eigenvalue weighted by Gasteiger charge is 2.36. The summed E-state index contributed by atoms with van der Waals surface area (Å²) >= 11 is 1.97. The third-order valence-corrected chi connectivity index (χ3v) is 5.88. The van der Waals surface area contributed by atoms with Crippen LogP contribution in [0, 0.1) is 11.8 Å². The van der Waals surface area contributed by atoms with Gasteiger partial charge in [0.2, 0.25) is 5.91 Å². The van der Waals surface area contributed by atoms with Gasteiger partial charge in [0.1, 0.15) is 0 Å². The number of carbonyl (C=O) groups is 1. The first kappa shape index (κ1) is 15.5. The third kappa shape index (κ3) is 3.79. The van der Waals surface area contributed by atoms with Crippen LogP contribution in [0.25, 0.3) is 0 Å². The molecule has 0 aromatic rings. The van der Waals surface area contributed by atoms with Gasteiger partial charge in [-0.25, -0.2) is 0 Å². The molecule has 3 fully saturated rings. The molecule has 1 aliphatic carbocycles. The van der Waals surface area contributed by atoms with Gasteiger partial charge in [-0.15, -0.1) is 12.4 Å². The summed E-state index contributed by atoms with van der Waals surface area (Å²) in [5, 5.41) is 3.47. The van der Waals surface area contributed by atoms with Crippen molar-refractivity contribution in [1.82, 2.24) is 10.2 Å². The van der Waals surface area contributed by atoms with Crippen molar-refractivity contribution < 1.29 is 4.79 Å². The Morgan fingerprint density at radius 1 is 1.21 bits per heavy atom. The summed E-state index contributed by atoms with van der Waals surface area (Å²) in [6, 6.07) is 0.416. The average Bonchev–Trinajstić information content (AvgIpc) is 2.84. The number of thioether (sulfide) groups is 1. The van der Waals surface area contributed by atoms with Crippen LogP contribution >= 0.6 is 24.2 Å². The second-order valence-electron chi connectivity index (χ2n) is 6.03. The summed E-state index contributed by atoms with van der Waals surface area (Å²) in [6.07, 6.45) is 6.18. The van der Waals surface area contributed by atoms with Gasteiger partial charge in [-0.1, -0.05) is 12.8 Å². The fourth-order valence-corrected chi connectivity index (χ4v) is 4.65. The first-order valence-corrected chi connectivity index (χ1v) is 8.57. The molecule has 1 amide bonds. The Hall–Kier alpha value is 0.0700. The van der Waals surface area contributed by atoms with Crippen LogP contribution in [0.2, 0.25) is 0 Å². The largest absolute Gasteiger partial charge is 0.342 e. The average molecular weight is 305 g/mol. The van der Waals surface area contributed by atoms with E-state index in [0.29, 0.717) is 18.4 Å². The highest BCUT2D eigenvalue weighted by Crippen LogP contribution is 2.36. The van der Waals surface area contributed by atoms with E-state index in [4.69, 9.17) is 0 Å². The summed E-state index contributed by atoms with van der Waals surface area (Å²) < 4.78 is 0. The first-order valence-electron chi connectivity index (χ1n) is 7.42. The van der Waals surface area contributed by atoms with Gasteiger partial charge < -0.3 is 10.2 Å². The number of rotatable bonds is 2. The van der Waals surface area contributed by atoms with Crippen LogP contribution in [0.1, 0.15) is 32.1 Å². The van der Waals surface area contributed by atoms with Crippen molar-refractivity contribution in [2.24, 2.45) is 11.8 Å². The van der Waals surface area contributed by atoms with Crippen molar-refractivity contribution in [3.05, 3.63) is 0 Å². The molecule has 1 saturated carbocycles. The maximum atomic E-state index is 12.3. The zero-order valence-corrected chi connectivity index (χ0v) is 13.1. The van der Waals surface area contributed by atoms with Crippen molar-refractivity contribution >= 4 is 30.1 Å². The van der Waals surface area contributed by atoms with Crippen LogP contribution < -0.4 is 5.32 Å². The standard InChI is InChI=1S/C14H24N2OS.ClH/c17-14(7-13-10-18-6-5-15-13)16-8-11-3-1-2-4-12(11)9-16;/h11-13,15H,1-10H2;1H. The van der Waals surface area contributed by atoms with Crippen molar-refractivity contribution in [1.29, 1.82) is 0 Å². The molecule has 3 aliphatic rings. The van der Waals surface area contributed by atoms with Crippen LogP contribution in [0.15, 0.2) is 0 Å². The van der Waals surface area contributed by atoms with Gasteiger partial charge in [-0.2, -0.15) is 11.8 Å². The molecule has 3 atom stereocenters. The van der Waals surface area contributed by atoms with Crippen LogP contribution in [-0.2, 0) is 4.79 Å². The van der Waals surface area contributed by atoms with Crippen LogP contribution in [0.4, 0.5) is 0 Å². The Morgan fingerprint density at radius 3 is 2.47 bits per heavy atom. The van der Waals surface area contributed by atoms with E-state index in [0.717, 1.165) is 37.2 Å². The van der Waals surface area contributed by atoms with Crippen LogP contribution in [0.3, 0.4) is 0 Å². The molecule has 2 heterocycles. The Balaban J connectivity index is 0.00000133. The number of hydrogen-bond donors (Lipinski definition) is 1. The van der Waals surface area contributed by atoms with E-state index in [1.807, 2.05) is 11.8 Å². The number of halogens is 1. The van der Waals surface area contributed by atoms with Crippen LogP contribution in [0.5, 0.6) is 0 Å². The number of nitrogens with zero attached hydrogens (tertiary/aromatic N) is 1. The Bertz CT molecular complexity index is 296. The molecule has 19 heavy (non-hydrogen) atoms. The SMILES string of the molecule is Cl.O=C(CC1CSCCN1)N1CC2CCCCC2C1. The number of likely N-dealkylation sites (tertiary alicyclic amines) is 1. The zero-order chi connectivity index (χ0) is 12.4. The summed E-state index contributed by atoms with van der Waals surface area (Å²) in [4.78, 5) is 14.5.